The molecule has 1 amide bonds. The number of carbonyl (C=O) groups excluding carboxylic acids is 1. The molecular formula is C15H9Br2NOS. The number of anilines is 1. The molecule has 100 valence electrons. The van der Waals surface area contributed by atoms with E-state index in [1.807, 2.05) is 41.8 Å². The van der Waals surface area contributed by atoms with Crippen molar-refractivity contribution in [2.75, 3.05) is 5.32 Å². The van der Waals surface area contributed by atoms with E-state index in [9.17, 15) is 4.79 Å². The van der Waals surface area contributed by atoms with Crippen molar-refractivity contribution in [2.24, 2.45) is 0 Å². The minimum absolute atomic E-state index is 0.126. The van der Waals surface area contributed by atoms with Crippen molar-refractivity contribution in [3.8, 4) is 0 Å². The highest BCUT2D eigenvalue weighted by Crippen LogP contribution is 2.26. The maximum Gasteiger partial charge on any atom is 0.256 e. The Morgan fingerprint density at radius 3 is 2.70 bits per heavy atom. The van der Waals surface area contributed by atoms with Gasteiger partial charge in [-0.1, -0.05) is 15.9 Å². The van der Waals surface area contributed by atoms with Gasteiger partial charge in [-0.3, -0.25) is 4.79 Å². The third kappa shape index (κ3) is 2.80. The van der Waals surface area contributed by atoms with E-state index in [4.69, 9.17) is 0 Å². The van der Waals surface area contributed by atoms with Crippen LogP contribution in [0, 0.1) is 0 Å². The molecule has 0 fully saturated rings. The zero-order chi connectivity index (χ0) is 14.1. The summed E-state index contributed by atoms with van der Waals surface area (Å²) in [5.41, 5.74) is 1.41. The van der Waals surface area contributed by atoms with Crippen LogP contribution in [-0.2, 0) is 0 Å². The quantitative estimate of drug-likeness (QED) is 0.578. The van der Waals surface area contributed by atoms with Crippen molar-refractivity contribution >= 4 is 64.9 Å². The van der Waals surface area contributed by atoms with Crippen LogP contribution in [0.4, 0.5) is 5.69 Å². The van der Waals surface area contributed by atoms with E-state index in [-0.39, 0.29) is 5.91 Å². The summed E-state index contributed by atoms with van der Waals surface area (Å²) in [6.45, 7) is 0. The van der Waals surface area contributed by atoms with Crippen molar-refractivity contribution in [2.45, 2.75) is 0 Å². The molecule has 3 aromatic rings. The topological polar surface area (TPSA) is 29.1 Å². The zero-order valence-corrected chi connectivity index (χ0v) is 14.2. The number of thiophene rings is 1. The first-order valence-electron chi connectivity index (χ1n) is 5.87. The van der Waals surface area contributed by atoms with Crippen LogP contribution in [0.3, 0.4) is 0 Å². The minimum Gasteiger partial charge on any atom is -0.322 e. The van der Waals surface area contributed by atoms with Crippen LogP contribution in [-0.4, -0.2) is 5.91 Å². The van der Waals surface area contributed by atoms with E-state index in [1.165, 1.54) is 4.70 Å². The van der Waals surface area contributed by atoms with Gasteiger partial charge in [0, 0.05) is 19.3 Å². The summed E-state index contributed by atoms with van der Waals surface area (Å²) in [6, 6.07) is 13.5. The molecule has 0 atom stereocenters. The number of hydrogen-bond acceptors (Lipinski definition) is 2. The number of amides is 1. The third-order valence-corrected chi connectivity index (χ3v) is 4.93. The molecule has 2 aromatic carbocycles. The molecule has 1 N–H and O–H groups in total. The molecule has 20 heavy (non-hydrogen) atoms. The summed E-state index contributed by atoms with van der Waals surface area (Å²) < 4.78 is 2.91. The lowest BCUT2D eigenvalue weighted by Crippen LogP contribution is -2.12. The lowest BCUT2D eigenvalue weighted by Gasteiger charge is -2.07. The molecule has 0 aliphatic carbocycles. The number of fused-ring (bicyclic) bond motifs is 1. The van der Waals surface area contributed by atoms with Crippen LogP contribution in [0.1, 0.15) is 10.4 Å². The smallest absolute Gasteiger partial charge is 0.256 e. The highest BCUT2D eigenvalue weighted by molar-refractivity contribution is 9.11. The second kappa shape index (κ2) is 5.68. The Morgan fingerprint density at radius 2 is 1.90 bits per heavy atom. The lowest BCUT2D eigenvalue weighted by molar-refractivity contribution is 0.102. The van der Waals surface area contributed by atoms with Crippen LogP contribution in [0.5, 0.6) is 0 Å². The number of halogens is 2. The Kier molecular flexibility index (Phi) is 3.92. The van der Waals surface area contributed by atoms with Crippen molar-refractivity contribution < 1.29 is 4.79 Å². The fraction of sp³-hybridized carbons (Fsp3) is 0. The van der Waals surface area contributed by atoms with Crippen LogP contribution in [0.2, 0.25) is 0 Å². The minimum atomic E-state index is -0.126. The molecule has 0 aliphatic heterocycles. The molecule has 0 saturated heterocycles. The summed E-state index contributed by atoms with van der Waals surface area (Å²) in [6.07, 6.45) is 0. The third-order valence-electron chi connectivity index (χ3n) is 2.89. The van der Waals surface area contributed by atoms with E-state index < -0.39 is 0 Å². The molecule has 3 rings (SSSR count). The molecule has 0 saturated carbocycles. The Labute approximate surface area is 137 Å². The van der Waals surface area contributed by atoms with E-state index in [0.29, 0.717) is 5.56 Å². The Balaban J connectivity index is 1.87. The van der Waals surface area contributed by atoms with E-state index in [1.54, 1.807) is 17.4 Å². The molecular weight excluding hydrogens is 402 g/mol. The van der Waals surface area contributed by atoms with Crippen molar-refractivity contribution in [1.82, 2.24) is 0 Å². The van der Waals surface area contributed by atoms with Gasteiger partial charge in [0.1, 0.15) is 0 Å². The number of hydrogen-bond donors (Lipinski definition) is 1. The van der Waals surface area contributed by atoms with Crippen molar-refractivity contribution in [1.29, 1.82) is 0 Å². The van der Waals surface area contributed by atoms with E-state index in [2.05, 4.69) is 37.2 Å². The second-order valence-electron chi connectivity index (χ2n) is 4.25. The first kappa shape index (κ1) is 13.8. The molecule has 0 radical (unpaired) electrons. The molecule has 5 heteroatoms. The normalized spacial score (nSPS) is 10.7. The summed E-state index contributed by atoms with van der Waals surface area (Å²) in [7, 11) is 0. The van der Waals surface area contributed by atoms with E-state index >= 15 is 0 Å². The molecule has 0 aliphatic rings. The van der Waals surface area contributed by atoms with Gasteiger partial charge in [0.2, 0.25) is 0 Å². The first-order chi connectivity index (χ1) is 9.63. The highest BCUT2D eigenvalue weighted by Gasteiger charge is 2.10. The predicted octanol–water partition coefficient (Wildman–Crippen LogP) is 5.68. The van der Waals surface area contributed by atoms with Crippen molar-refractivity contribution in [3.63, 3.8) is 0 Å². The van der Waals surface area contributed by atoms with E-state index in [0.717, 1.165) is 20.0 Å². The SMILES string of the molecule is O=C(Nc1ccc2sccc2c1)c1ccc(Br)cc1Br. The largest absolute Gasteiger partial charge is 0.322 e. The second-order valence-corrected chi connectivity index (χ2v) is 6.97. The number of carbonyl (C=O) groups is 1. The standard InChI is InChI=1S/C15H9Br2NOS/c16-10-1-3-12(13(17)8-10)15(19)18-11-2-4-14-9(7-11)5-6-20-14/h1-8H,(H,18,19). The van der Waals surface area contributed by atoms with Crippen LogP contribution in [0.25, 0.3) is 10.1 Å². The van der Waals surface area contributed by atoms with Crippen LogP contribution in [0.15, 0.2) is 56.8 Å². The average Bonchev–Trinajstić information content (AvgIpc) is 2.85. The van der Waals surface area contributed by atoms with Gasteiger partial charge in [-0.25, -0.2) is 0 Å². The fourth-order valence-electron chi connectivity index (χ4n) is 1.92. The average molecular weight is 411 g/mol. The van der Waals surface area contributed by atoms with Gasteiger partial charge in [0.25, 0.3) is 5.91 Å². The number of nitrogens with one attached hydrogen (secondary N) is 1. The summed E-state index contributed by atoms with van der Waals surface area (Å²) in [5.74, 6) is -0.126. The number of rotatable bonds is 2. The monoisotopic (exact) mass is 409 g/mol. The lowest BCUT2D eigenvalue weighted by atomic mass is 10.2. The first-order valence-corrected chi connectivity index (χ1v) is 8.34. The molecule has 1 aromatic heterocycles. The molecule has 2 nitrogen and oxygen atoms in total. The summed E-state index contributed by atoms with van der Waals surface area (Å²) >= 11 is 8.47. The molecule has 1 heterocycles. The van der Waals surface area contributed by atoms with Gasteiger partial charge in [-0.15, -0.1) is 11.3 Å². The van der Waals surface area contributed by atoms with Gasteiger partial charge in [0.05, 0.1) is 5.56 Å². The van der Waals surface area contributed by atoms with Gasteiger partial charge in [-0.2, -0.15) is 0 Å². The fourth-order valence-corrected chi connectivity index (χ4v) is 3.91. The maximum absolute atomic E-state index is 12.3. The Bertz CT molecular complexity index is 797. The van der Waals surface area contributed by atoms with Crippen molar-refractivity contribution in [3.05, 3.63) is 62.4 Å². The van der Waals surface area contributed by atoms with Gasteiger partial charge >= 0.3 is 0 Å². The Hall–Kier alpha value is -1.17. The number of benzene rings is 2. The maximum atomic E-state index is 12.3. The zero-order valence-electron chi connectivity index (χ0n) is 10.2. The highest BCUT2D eigenvalue weighted by atomic mass is 79.9. The molecule has 0 unspecified atom stereocenters. The van der Waals surface area contributed by atoms with Gasteiger partial charge in [0.15, 0.2) is 0 Å². The Morgan fingerprint density at radius 1 is 1.05 bits per heavy atom. The molecule has 0 bridgehead atoms. The summed E-state index contributed by atoms with van der Waals surface area (Å²) in [4.78, 5) is 12.3. The van der Waals surface area contributed by atoms with Gasteiger partial charge in [-0.05, 0) is 69.2 Å². The van der Waals surface area contributed by atoms with Gasteiger partial charge < -0.3 is 5.32 Å². The van der Waals surface area contributed by atoms with Crippen LogP contribution < -0.4 is 5.32 Å². The van der Waals surface area contributed by atoms with Crippen LogP contribution >= 0.6 is 43.2 Å². The molecule has 0 spiro atoms. The summed E-state index contributed by atoms with van der Waals surface area (Å²) in [5, 5.41) is 6.11. The predicted molar refractivity (Wildman–Crippen MR) is 91.6 cm³/mol.